The van der Waals surface area contributed by atoms with E-state index in [1.807, 2.05) is 0 Å². The molecule has 0 bridgehead atoms. The monoisotopic (exact) mass is 293 g/mol. The number of ether oxygens (including phenoxy) is 1. The van der Waals surface area contributed by atoms with Gasteiger partial charge in [-0.15, -0.1) is 11.3 Å². The van der Waals surface area contributed by atoms with Crippen LogP contribution in [0.1, 0.15) is 18.7 Å². The van der Waals surface area contributed by atoms with Crippen LogP contribution in [-0.2, 0) is 14.9 Å². The van der Waals surface area contributed by atoms with Crippen LogP contribution in [0.4, 0.5) is 5.13 Å². The van der Waals surface area contributed by atoms with Crippen molar-refractivity contribution >= 4 is 26.7 Å². The van der Waals surface area contributed by atoms with Gasteiger partial charge in [0.25, 0.3) is 0 Å². The Morgan fingerprint density at radius 2 is 2.22 bits per heavy atom. The summed E-state index contributed by atoms with van der Waals surface area (Å²) >= 11 is 1.15. The molecule has 0 radical (unpaired) electrons. The Kier molecular flexibility index (Phi) is 4.17. The Morgan fingerprint density at radius 1 is 1.56 bits per heavy atom. The van der Waals surface area contributed by atoms with Crippen LogP contribution in [0.5, 0.6) is 0 Å². The number of thiazole rings is 1. The molecular formula is C9H15N3O4S2. The van der Waals surface area contributed by atoms with E-state index >= 15 is 0 Å². The molecule has 0 amide bonds. The number of nitrogens with zero attached hydrogens (tertiary/aromatic N) is 2. The first kappa shape index (κ1) is 13.7. The normalized spacial score (nSPS) is 19.7. The average Bonchev–Trinajstić information content (AvgIpc) is 2.78. The molecule has 18 heavy (non-hydrogen) atoms. The van der Waals surface area contributed by atoms with Gasteiger partial charge in [0.15, 0.2) is 5.13 Å². The van der Waals surface area contributed by atoms with Crippen LogP contribution < -0.4 is 4.72 Å². The molecule has 0 aromatic carbocycles. The molecule has 2 rings (SSSR count). The molecule has 1 aromatic heterocycles. The van der Waals surface area contributed by atoms with Crippen molar-refractivity contribution in [3.05, 3.63) is 11.1 Å². The molecular weight excluding hydrogens is 278 g/mol. The van der Waals surface area contributed by atoms with Gasteiger partial charge in [0.05, 0.1) is 25.0 Å². The fraction of sp³-hybridized carbons (Fsp3) is 0.667. The average molecular weight is 293 g/mol. The highest BCUT2D eigenvalue weighted by Crippen LogP contribution is 2.22. The summed E-state index contributed by atoms with van der Waals surface area (Å²) in [5.74, 6) is 0. The van der Waals surface area contributed by atoms with Crippen LogP contribution in [0.25, 0.3) is 0 Å². The number of aliphatic hydroxyl groups is 1. The number of aromatic nitrogens is 1. The molecule has 2 heterocycles. The van der Waals surface area contributed by atoms with Gasteiger partial charge in [-0.05, 0) is 6.92 Å². The third kappa shape index (κ3) is 3.18. The third-order valence-electron chi connectivity index (χ3n) is 2.48. The van der Waals surface area contributed by atoms with Gasteiger partial charge in [0.1, 0.15) is 0 Å². The highest BCUT2D eigenvalue weighted by molar-refractivity contribution is 7.90. The summed E-state index contributed by atoms with van der Waals surface area (Å²) in [5, 5.41) is 11.2. The van der Waals surface area contributed by atoms with E-state index in [1.54, 1.807) is 12.3 Å². The standard InChI is InChI=1S/C9H15N3O4S2/c1-7(13)8-6-17-9(10-8)11-18(14,15)12-2-4-16-5-3-12/h6-7,13H,2-5H2,1H3,(H,10,11). The lowest BCUT2D eigenvalue weighted by Crippen LogP contribution is -2.43. The zero-order valence-electron chi connectivity index (χ0n) is 9.87. The molecule has 9 heteroatoms. The van der Waals surface area contributed by atoms with Gasteiger partial charge in [-0.3, -0.25) is 0 Å². The summed E-state index contributed by atoms with van der Waals surface area (Å²) in [6.07, 6.45) is -0.706. The van der Waals surface area contributed by atoms with Crippen molar-refractivity contribution in [3.63, 3.8) is 0 Å². The Morgan fingerprint density at radius 3 is 2.78 bits per heavy atom. The van der Waals surface area contributed by atoms with E-state index < -0.39 is 16.3 Å². The maximum Gasteiger partial charge on any atom is 0.303 e. The first-order chi connectivity index (χ1) is 8.49. The van der Waals surface area contributed by atoms with Crippen molar-refractivity contribution in [2.75, 3.05) is 31.0 Å². The van der Waals surface area contributed by atoms with Crippen molar-refractivity contribution in [2.45, 2.75) is 13.0 Å². The zero-order valence-corrected chi connectivity index (χ0v) is 11.5. The predicted molar refractivity (Wildman–Crippen MR) is 67.7 cm³/mol. The molecule has 1 aliphatic rings. The number of anilines is 1. The van der Waals surface area contributed by atoms with E-state index in [0.717, 1.165) is 11.3 Å². The number of aliphatic hydroxyl groups excluding tert-OH is 1. The van der Waals surface area contributed by atoms with Crippen molar-refractivity contribution < 1.29 is 18.3 Å². The molecule has 1 fully saturated rings. The molecule has 0 aliphatic carbocycles. The van der Waals surface area contributed by atoms with E-state index in [0.29, 0.717) is 32.0 Å². The number of morpholine rings is 1. The van der Waals surface area contributed by atoms with E-state index in [2.05, 4.69) is 9.71 Å². The fourth-order valence-electron chi connectivity index (χ4n) is 1.49. The van der Waals surface area contributed by atoms with Gasteiger partial charge in [-0.25, -0.2) is 9.71 Å². The van der Waals surface area contributed by atoms with Crippen LogP contribution in [0, 0.1) is 0 Å². The number of rotatable bonds is 4. The van der Waals surface area contributed by atoms with E-state index in [1.165, 1.54) is 4.31 Å². The Bertz CT molecular complexity index is 494. The fourth-order valence-corrected chi connectivity index (χ4v) is 3.66. The minimum atomic E-state index is -3.58. The molecule has 102 valence electrons. The lowest BCUT2D eigenvalue weighted by Gasteiger charge is -2.25. The molecule has 1 saturated heterocycles. The maximum atomic E-state index is 12.0. The summed E-state index contributed by atoms with van der Waals surface area (Å²) in [4.78, 5) is 4.01. The van der Waals surface area contributed by atoms with Crippen molar-refractivity contribution in [1.29, 1.82) is 0 Å². The second kappa shape index (κ2) is 5.49. The quantitative estimate of drug-likeness (QED) is 0.826. The largest absolute Gasteiger partial charge is 0.387 e. The first-order valence-electron chi connectivity index (χ1n) is 5.48. The molecule has 1 aliphatic heterocycles. The van der Waals surface area contributed by atoms with Gasteiger partial charge in [-0.1, -0.05) is 0 Å². The van der Waals surface area contributed by atoms with Crippen LogP contribution in [0.15, 0.2) is 5.38 Å². The number of nitrogens with one attached hydrogen (secondary N) is 1. The zero-order chi connectivity index (χ0) is 13.2. The van der Waals surface area contributed by atoms with Crippen LogP contribution in [0.3, 0.4) is 0 Å². The van der Waals surface area contributed by atoms with Crippen LogP contribution >= 0.6 is 11.3 Å². The van der Waals surface area contributed by atoms with Crippen molar-refractivity contribution in [1.82, 2.24) is 9.29 Å². The lowest BCUT2D eigenvalue weighted by atomic mass is 10.3. The molecule has 1 atom stereocenters. The number of hydrogen-bond acceptors (Lipinski definition) is 6. The van der Waals surface area contributed by atoms with E-state index in [4.69, 9.17) is 4.74 Å². The van der Waals surface area contributed by atoms with Gasteiger partial charge in [-0.2, -0.15) is 12.7 Å². The second-order valence-electron chi connectivity index (χ2n) is 3.87. The summed E-state index contributed by atoms with van der Waals surface area (Å²) in [6, 6.07) is 0. The lowest BCUT2D eigenvalue weighted by molar-refractivity contribution is 0.0733. The smallest absolute Gasteiger partial charge is 0.303 e. The second-order valence-corrected chi connectivity index (χ2v) is 6.40. The van der Waals surface area contributed by atoms with Gasteiger partial charge >= 0.3 is 10.2 Å². The maximum absolute atomic E-state index is 12.0. The Balaban J connectivity index is 2.06. The molecule has 0 spiro atoms. The van der Waals surface area contributed by atoms with Gasteiger partial charge in [0, 0.05) is 18.5 Å². The van der Waals surface area contributed by atoms with Crippen molar-refractivity contribution in [3.8, 4) is 0 Å². The van der Waals surface area contributed by atoms with Gasteiger partial charge in [0.2, 0.25) is 0 Å². The minimum Gasteiger partial charge on any atom is -0.387 e. The predicted octanol–water partition coefficient (Wildman–Crippen LogP) is 0.185. The van der Waals surface area contributed by atoms with E-state index in [9.17, 15) is 13.5 Å². The third-order valence-corrected chi connectivity index (χ3v) is 4.88. The summed E-state index contributed by atoms with van der Waals surface area (Å²) < 4.78 is 32.8. The van der Waals surface area contributed by atoms with E-state index in [-0.39, 0.29) is 5.13 Å². The molecule has 0 saturated carbocycles. The van der Waals surface area contributed by atoms with Crippen LogP contribution in [0.2, 0.25) is 0 Å². The summed E-state index contributed by atoms with van der Waals surface area (Å²) in [7, 11) is -3.58. The summed E-state index contributed by atoms with van der Waals surface area (Å²) in [6.45, 7) is 3.05. The van der Waals surface area contributed by atoms with Gasteiger partial charge < -0.3 is 9.84 Å². The Labute approximate surface area is 110 Å². The molecule has 1 aromatic rings. The highest BCUT2D eigenvalue weighted by Gasteiger charge is 2.25. The first-order valence-corrected chi connectivity index (χ1v) is 7.80. The summed E-state index contributed by atoms with van der Waals surface area (Å²) in [5.41, 5.74) is 0.458. The molecule has 2 N–H and O–H groups in total. The van der Waals surface area contributed by atoms with Crippen LogP contribution in [-0.4, -0.2) is 49.1 Å². The SMILES string of the molecule is CC(O)c1csc(NS(=O)(=O)N2CCOCC2)n1. The number of hydrogen-bond donors (Lipinski definition) is 2. The highest BCUT2D eigenvalue weighted by atomic mass is 32.2. The topological polar surface area (TPSA) is 91.8 Å². The molecule has 1 unspecified atom stereocenters. The molecule has 7 nitrogen and oxygen atoms in total. The van der Waals surface area contributed by atoms with Crippen molar-refractivity contribution in [2.24, 2.45) is 0 Å². The minimum absolute atomic E-state index is 0.261. The Hall–Kier alpha value is -0.740.